The van der Waals surface area contributed by atoms with Crippen LogP contribution in [0.1, 0.15) is 95.3 Å². The molecule has 2 unspecified atom stereocenters. The van der Waals surface area contributed by atoms with Crippen molar-refractivity contribution >= 4 is 23.7 Å². The molecular weight excluding hydrogens is 464 g/mol. The Kier molecular flexibility index (Phi) is 15.3. The summed E-state index contributed by atoms with van der Waals surface area (Å²) in [7, 11) is 0. The third-order valence-electron chi connectivity index (χ3n) is 5.79. The van der Waals surface area contributed by atoms with Crippen LogP contribution in [0.15, 0.2) is 30.3 Å². The van der Waals surface area contributed by atoms with Crippen LogP contribution in [0.5, 0.6) is 0 Å². The highest BCUT2D eigenvalue weighted by molar-refractivity contribution is 6.13. The van der Waals surface area contributed by atoms with E-state index in [4.69, 9.17) is 14.2 Å². The number of unbranched alkanes of at least 4 members (excludes halogenated alkanes) is 6. The Bertz CT molecular complexity index is 807. The molecule has 0 spiro atoms. The molecular formula is C28H42O8. The van der Waals surface area contributed by atoms with Crippen LogP contribution in [0.25, 0.3) is 0 Å². The molecule has 0 heterocycles. The van der Waals surface area contributed by atoms with Crippen LogP contribution >= 0.6 is 0 Å². The molecule has 0 bridgehead atoms. The van der Waals surface area contributed by atoms with Gasteiger partial charge in [-0.1, -0.05) is 89.6 Å². The van der Waals surface area contributed by atoms with Gasteiger partial charge in [0.25, 0.3) is 0 Å². The number of aliphatic hydroxyl groups is 1. The van der Waals surface area contributed by atoms with Gasteiger partial charge in [0.05, 0.1) is 26.2 Å². The van der Waals surface area contributed by atoms with Crippen molar-refractivity contribution in [3.05, 3.63) is 35.9 Å². The Morgan fingerprint density at radius 2 is 1.25 bits per heavy atom. The van der Waals surface area contributed by atoms with Crippen molar-refractivity contribution in [2.45, 2.75) is 90.6 Å². The van der Waals surface area contributed by atoms with Gasteiger partial charge >= 0.3 is 17.9 Å². The topological polar surface area (TPSA) is 116 Å². The Hall–Kier alpha value is -2.74. The number of hydrogen-bond acceptors (Lipinski definition) is 8. The summed E-state index contributed by atoms with van der Waals surface area (Å²) in [6, 6.07) is 7.82. The monoisotopic (exact) mass is 506 g/mol. The molecule has 2 atom stereocenters. The number of carbonyl (C=O) groups excluding carboxylic acids is 4. The summed E-state index contributed by atoms with van der Waals surface area (Å²) in [5, 5.41) is 11.6. The normalized spacial score (nSPS) is 13.3. The summed E-state index contributed by atoms with van der Waals surface area (Å²) >= 11 is 0. The third kappa shape index (κ3) is 10.5. The number of Topliss-reactive ketones (excluding diaryl/α,β-unsaturated/α-hetero) is 1. The summed E-state index contributed by atoms with van der Waals surface area (Å²) in [5.74, 6) is -6.01. The Morgan fingerprint density at radius 3 is 1.78 bits per heavy atom. The number of hydrogen-bond donors (Lipinski definition) is 1. The average Bonchev–Trinajstić information content (AvgIpc) is 2.87. The summed E-state index contributed by atoms with van der Waals surface area (Å²) < 4.78 is 15.8. The number of carbonyl (C=O) groups is 4. The minimum atomic E-state index is -2.77. The largest absolute Gasteiger partial charge is 0.466 e. The Balaban J connectivity index is 3.29. The first-order valence-corrected chi connectivity index (χ1v) is 13.1. The molecule has 8 heteroatoms. The Labute approximate surface area is 214 Å². The molecule has 202 valence electrons. The average molecular weight is 507 g/mol. The minimum Gasteiger partial charge on any atom is -0.466 e. The van der Waals surface area contributed by atoms with Gasteiger partial charge in [-0.05, 0) is 19.3 Å². The number of esters is 3. The van der Waals surface area contributed by atoms with Crippen LogP contribution in [0.3, 0.4) is 0 Å². The van der Waals surface area contributed by atoms with Gasteiger partial charge in [0.15, 0.2) is 17.3 Å². The van der Waals surface area contributed by atoms with Gasteiger partial charge in [0, 0.05) is 5.56 Å². The first-order chi connectivity index (χ1) is 17.3. The lowest BCUT2D eigenvalue weighted by Crippen LogP contribution is -2.55. The van der Waals surface area contributed by atoms with Crippen molar-refractivity contribution in [2.75, 3.05) is 19.8 Å². The molecule has 0 aliphatic heterocycles. The highest BCUT2D eigenvalue weighted by Gasteiger charge is 2.55. The maximum absolute atomic E-state index is 13.5. The number of benzene rings is 1. The van der Waals surface area contributed by atoms with E-state index in [-0.39, 0.29) is 25.4 Å². The standard InChI is InChI=1S/C28H42O8/c1-4-7-13-18-34-23(29)21-28(33,27(32)36-20-15-9-6-3)24(26(31)35-19-14-8-5-2)25(30)22-16-11-10-12-17-22/h10-12,16-17,24,33H,4-9,13-15,18-21H2,1-3H3. The lowest BCUT2D eigenvalue weighted by Gasteiger charge is -2.31. The van der Waals surface area contributed by atoms with Crippen LogP contribution < -0.4 is 0 Å². The van der Waals surface area contributed by atoms with Crippen molar-refractivity contribution in [3.8, 4) is 0 Å². The zero-order valence-corrected chi connectivity index (χ0v) is 22.0. The van der Waals surface area contributed by atoms with Gasteiger partial charge in [-0.25, -0.2) is 4.79 Å². The van der Waals surface area contributed by atoms with Crippen LogP contribution in [-0.4, -0.2) is 54.2 Å². The predicted molar refractivity (Wildman–Crippen MR) is 135 cm³/mol. The number of rotatable bonds is 19. The molecule has 0 aliphatic carbocycles. The van der Waals surface area contributed by atoms with Gasteiger partial charge in [0.1, 0.15) is 0 Å². The summed E-state index contributed by atoms with van der Waals surface area (Å²) in [6.45, 7) is 6.08. The molecule has 0 saturated heterocycles. The van der Waals surface area contributed by atoms with E-state index in [9.17, 15) is 24.3 Å². The van der Waals surface area contributed by atoms with Gasteiger partial charge in [0.2, 0.25) is 0 Å². The highest BCUT2D eigenvalue weighted by atomic mass is 16.6. The van der Waals surface area contributed by atoms with E-state index in [1.165, 1.54) is 12.1 Å². The van der Waals surface area contributed by atoms with Crippen molar-refractivity contribution in [1.29, 1.82) is 0 Å². The van der Waals surface area contributed by atoms with Crippen LogP contribution in [0.2, 0.25) is 0 Å². The van der Waals surface area contributed by atoms with Crippen molar-refractivity contribution in [3.63, 3.8) is 0 Å². The van der Waals surface area contributed by atoms with E-state index in [2.05, 4.69) is 0 Å². The maximum atomic E-state index is 13.5. The van der Waals surface area contributed by atoms with Crippen LogP contribution in [0, 0.1) is 5.92 Å². The minimum absolute atomic E-state index is 0.0155. The van der Waals surface area contributed by atoms with E-state index in [1.54, 1.807) is 18.2 Å². The molecule has 0 saturated carbocycles. The molecule has 1 aromatic carbocycles. The Morgan fingerprint density at radius 1 is 0.750 bits per heavy atom. The molecule has 0 fully saturated rings. The first kappa shape index (κ1) is 31.3. The lowest BCUT2D eigenvalue weighted by molar-refractivity contribution is -0.183. The van der Waals surface area contributed by atoms with E-state index in [0.717, 1.165) is 38.5 Å². The molecule has 1 aromatic rings. The zero-order chi connectivity index (χ0) is 26.8. The quantitative estimate of drug-likeness (QED) is 0.0934. The second-order valence-corrected chi connectivity index (χ2v) is 8.91. The van der Waals surface area contributed by atoms with Gasteiger partial charge in [-0.3, -0.25) is 14.4 Å². The first-order valence-electron chi connectivity index (χ1n) is 13.1. The van der Waals surface area contributed by atoms with E-state index >= 15 is 0 Å². The number of ketones is 1. The van der Waals surface area contributed by atoms with E-state index in [0.29, 0.717) is 19.3 Å². The predicted octanol–water partition coefficient (Wildman–Crippen LogP) is 4.81. The summed E-state index contributed by atoms with van der Waals surface area (Å²) in [4.78, 5) is 52.4. The molecule has 0 amide bonds. The van der Waals surface area contributed by atoms with Gasteiger partial charge < -0.3 is 19.3 Å². The van der Waals surface area contributed by atoms with E-state index < -0.39 is 41.6 Å². The maximum Gasteiger partial charge on any atom is 0.340 e. The molecule has 1 N–H and O–H groups in total. The summed E-state index contributed by atoms with van der Waals surface area (Å²) in [5.41, 5.74) is -2.68. The fraction of sp³-hybridized carbons (Fsp3) is 0.643. The lowest BCUT2D eigenvalue weighted by atomic mass is 9.79. The molecule has 36 heavy (non-hydrogen) atoms. The molecule has 0 radical (unpaired) electrons. The van der Waals surface area contributed by atoms with Crippen molar-refractivity contribution < 1.29 is 38.5 Å². The smallest absolute Gasteiger partial charge is 0.340 e. The van der Waals surface area contributed by atoms with Crippen LogP contribution in [-0.2, 0) is 28.6 Å². The molecule has 0 aromatic heterocycles. The van der Waals surface area contributed by atoms with Crippen LogP contribution in [0.4, 0.5) is 0 Å². The fourth-order valence-corrected chi connectivity index (χ4v) is 3.64. The van der Waals surface area contributed by atoms with Gasteiger partial charge in [-0.2, -0.15) is 0 Å². The van der Waals surface area contributed by atoms with Crippen molar-refractivity contribution in [1.82, 2.24) is 0 Å². The van der Waals surface area contributed by atoms with Crippen molar-refractivity contribution in [2.24, 2.45) is 5.92 Å². The molecule has 1 rings (SSSR count). The highest BCUT2D eigenvalue weighted by Crippen LogP contribution is 2.30. The summed E-state index contributed by atoms with van der Waals surface area (Å²) in [6.07, 6.45) is 5.95. The second-order valence-electron chi connectivity index (χ2n) is 8.91. The second kappa shape index (κ2) is 17.7. The fourth-order valence-electron chi connectivity index (χ4n) is 3.64. The SMILES string of the molecule is CCCCCOC(=O)CC(O)(C(=O)OCCCCC)C(C(=O)OCCCCC)C(=O)c1ccccc1. The molecule has 0 aliphatic rings. The number of ether oxygens (including phenoxy) is 3. The third-order valence-corrected chi connectivity index (χ3v) is 5.79. The van der Waals surface area contributed by atoms with Gasteiger partial charge in [-0.15, -0.1) is 0 Å². The zero-order valence-electron chi connectivity index (χ0n) is 22.0. The van der Waals surface area contributed by atoms with E-state index in [1.807, 2.05) is 20.8 Å². The molecule has 8 nitrogen and oxygen atoms in total.